The fourth-order valence-corrected chi connectivity index (χ4v) is 3.08. The number of carbonyl (C=O) groups is 2. The average molecular weight is 397 g/mol. The predicted octanol–water partition coefficient (Wildman–Crippen LogP) is 3.53. The molecule has 2 rings (SSSR count). The summed E-state index contributed by atoms with van der Waals surface area (Å²) in [6.45, 7) is 3.98. The van der Waals surface area contributed by atoms with Gasteiger partial charge < -0.3 is 15.2 Å². The lowest BCUT2D eigenvalue weighted by atomic mass is 9.99. The number of ether oxygens (including phenoxy) is 1. The molecule has 1 aromatic heterocycles. The Hall–Kier alpha value is -2.12. The van der Waals surface area contributed by atoms with Gasteiger partial charge in [0.2, 0.25) is 5.91 Å². The summed E-state index contributed by atoms with van der Waals surface area (Å²) in [5, 5.41) is 15.0. The van der Waals surface area contributed by atoms with Gasteiger partial charge >= 0.3 is 5.97 Å². The van der Waals surface area contributed by atoms with E-state index in [0.717, 1.165) is 5.01 Å². The minimum atomic E-state index is -1.02. The first-order chi connectivity index (χ1) is 12.4. The number of hydrogen-bond acceptors (Lipinski definition) is 5. The van der Waals surface area contributed by atoms with Gasteiger partial charge in [0.15, 0.2) is 0 Å². The molecule has 0 saturated heterocycles. The molecule has 0 aliphatic rings. The molecule has 0 spiro atoms. The minimum Gasteiger partial charge on any atom is -0.486 e. The number of carboxylic acid groups (broad SMARTS) is 1. The number of halogens is 1. The molecule has 2 atom stereocenters. The Labute approximate surface area is 161 Å². The molecule has 0 unspecified atom stereocenters. The van der Waals surface area contributed by atoms with Gasteiger partial charge in [-0.25, -0.2) is 9.78 Å². The van der Waals surface area contributed by atoms with Gasteiger partial charge in [-0.3, -0.25) is 4.79 Å². The van der Waals surface area contributed by atoms with Crippen LogP contribution in [0.15, 0.2) is 29.6 Å². The number of hydrogen-bond donors (Lipinski definition) is 2. The maximum Gasteiger partial charge on any atom is 0.326 e. The maximum absolute atomic E-state index is 12.1. The van der Waals surface area contributed by atoms with Crippen molar-refractivity contribution in [3.8, 4) is 5.75 Å². The number of benzene rings is 1. The molecule has 0 aliphatic heterocycles. The van der Waals surface area contributed by atoms with Crippen LogP contribution in [0.2, 0.25) is 5.02 Å². The van der Waals surface area contributed by atoms with E-state index in [-0.39, 0.29) is 18.2 Å². The van der Waals surface area contributed by atoms with Crippen LogP contribution in [0.4, 0.5) is 0 Å². The Balaban J connectivity index is 1.87. The summed E-state index contributed by atoms with van der Waals surface area (Å²) < 4.78 is 5.62. The maximum atomic E-state index is 12.1. The first-order valence-corrected chi connectivity index (χ1v) is 9.48. The summed E-state index contributed by atoms with van der Waals surface area (Å²) in [5.41, 5.74) is 0.593. The molecular weight excluding hydrogens is 376 g/mol. The quantitative estimate of drug-likeness (QED) is 0.676. The number of amides is 1. The Morgan fingerprint density at radius 3 is 2.65 bits per heavy atom. The van der Waals surface area contributed by atoms with Crippen LogP contribution >= 0.6 is 22.9 Å². The third-order valence-corrected chi connectivity index (χ3v) is 5.04. The Bertz CT molecular complexity index is 748. The number of nitrogens with zero attached hydrogens (tertiary/aromatic N) is 1. The van der Waals surface area contributed by atoms with Crippen molar-refractivity contribution in [2.45, 2.75) is 39.3 Å². The molecular formula is C18H21ClN2O4S. The topological polar surface area (TPSA) is 88.5 Å². The van der Waals surface area contributed by atoms with Crippen LogP contribution in [0, 0.1) is 5.92 Å². The lowest BCUT2D eigenvalue weighted by Crippen LogP contribution is -2.45. The van der Waals surface area contributed by atoms with Crippen LogP contribution < -0.4 is 10.1 Å². The highest BCUT2D eigenvalue weighted by molar-refractivity contribution is 7.09. The van der Waals surface area contributed by atoms with Crippen LogP contribution in [0.1, 0.15) is 31.0 Å². The van der Waals surface area contributed by atoms with Crippen LogP contribution in [0.5, 0.6) is 5.75 Å². The van der Waals surface area contributed by atoms with Crippen LogP contribution in [0.25, 0.3) is 0 Å². The summed E-state index contributed by atoms with van der Waals surface area (Å²) in [5.74, 6) is -0.840. The number of aliphatic carboxylic acids is 1. The molecule has 0 fully saturated rings. The van der Waals surface area contributed by atoms with Gasteiger partial charge in [0, 0.05) is 10.4 Å². The van der Waals surface area contributed by atoms with E-state index in [4.69, 9.17) is 16.3 Å². The van der Waals surface area contributed by atoms with Crippen LogP contribution in [-0.4, -0.2) is 28.0 Å². The monoisotopic (exact) mass is 396 g/mol. The molecule has 2 aromatic rings. The molecule has 26 heavy (non-hydrogen) atoms. The van der Waals surface area contributed by atoms with E-state index >= 15 is 0 Å². The van der Waals surface area contributed by atoms with Crippen molar-refractivity contribution in [1.29, 1.82) is 0 Å². The number of rotatable bonds is 9. The van der Waals surface area contributed by atoms with Gasteiger partial charge in [-0.15, -0.1) is 11.3 Å². The molecule has 0 bridgehead atoms. The second-order valence-electron chi connectivity index (χ2n) is 5.92. The predicted molar refractivity (Wildman–Crippen MR) is 101 cm³/mol. The summed E-state index contributed by atoms with van der Waals surface area (Å²) in [6, 6.07) is 6.13. The summed E-state index contributed by atoms with van der Waals surface area (Å²) in [6.07, 6.45) is 0.706. The molecule has 0 aliphatic carbocycles. The van der Waals surface area contributed by atoms with E-state index in [1.54, 1.807) is 36.6 Å². The van der Waals surface area contributed by atoms with E-state index in [1.807, 2.05) is 6.92 Å². The fourth-order valence-electron chi connectivity index (χ4n) is 2.24. The Morgan fingerprint density at radius 2 is 2.04 bits per heavy atom. The van der Waals surface area contributed by atoms with E-state index < -0.39 is 12.0 Å². The van der Waals surface area contributed by atoms with Gasteiger partial charge in [0.1, 0.15) is 23.4 Å². The van der Waals surface area contributed by atoms with Crippen LogP contribution in [-0.2, 0) is 22.6 Å². The zero-order chi connectivity index (χ0) is 19.1. The minimum absolute atomic E-state index is 0.0393. The molecule has 6 nitrogen and oxygen atoms in total. The van der Waals surface area contributed by atoms with Gasteiger partial charge in [-0.2, -0.15) is 0 Å². The standard InChI is InChI=1S/C18H21ClN2O4S/c1-3-11(2)17(18(23)24)21-15(22)8-13-10-26-16(20-13)9-25-14-6-4-12(19)5-7-14/h4-7,10-11,17H,3,8-9H2,1-2H3,(H,21,22)(H,23,24)/t11-,17-/m0/s1. The largest absolute Gasteiger partial charge is 0.486 e. The van der Waals surface area contributed by atoms with Gasteiger partial charge in [-0.1, -0.05) is 31.9 Å². The highest BCUT2D eigenvalue weighted by Crippen LogP contribution is 2.18. The van der Waals surface area contributed by atoms with Crippen molar-refractivity contribution in [3.63, 3.8) is 0 Å². The third kappa shape index (κ3) is 6.00. The third-order valence-electron chi connectivity index (χ3n) is 3.91. The van der Waals surface area contributed by atoms with Crippen LogP contribution in [0.3, 0.4) is 0 Å². The second kappa shape index (κ2) is 9.54. The highest BCUT2D eigenvalue weighted by Gasteiger charge is 2.25. The summed E-state index contributed by atoms with van der Waals surface area (Å²) in [4.78, 5) is 27.8. The van der Waals surface area contributed by atoms with Crippen molar-refractivity contribution in [3.05, 3.63) is 45.4 Å². The molecule has 140 valence electrons. The van der Waals surface area contributed by atoms with Gasteiger partial charge in [0.25, 0.3) is 0 Å². The van der Waals surface area contributed by atoms with Crippen molar-refractivity contribution in [2.75, 3.05) is 0 Å². The summed E-state index contributed by atoms with van der Waals surface area (Å²) >= 11 is 7.22. The average Bonchev–Trinajstić information content (AvgIpc) is 3.05. The number of aromatic nitrogens is 1. The lowest BCUT2D eigenvalue weighted by molar-refractivity contribution is -0.143. The number of carboxylic acids is 1. The molecule has 1 aromatic carbocycles. The normalized spacial score (nSPS) is 13.0. The molecule has 0 radical (unpaired) electrons. The molecule has 0 saturated carbocycles. The first kappa shape index (κ1) is 20.2. The van der Waals surface area contributed by atoms with Crippen molar-refractivity contribution in [1.82, 2.24) is 10.3 Å². The highest BCUT2D eigenvalue weighted by atomic mass is 35.5. The lowest BCUT2D eigenvalue weighted by Gasteiger charge is -2.19. The zero-order valence-corrected chi connectivity index (χ0v) is 16.1. The number of thiazole rings is 1. The Morgan fingerprint density at radius 1 is 1.35 bits per heavy atom. The van der Waals surface area contributed by atoms with Gasteiger partial charge in [0.05, 0.1) is 12.1 Å². The van der Waals surface area contributed by atoms with E-state index in [2.05, 4.69) is 10.3 Å². The SMILES string of the molecule is CC[C@H](C)[C@H](NC(=O)Cc1csc(COc2ccc(Cl)cc2)n1)C(=O)O. The molecule has 1 heterocycles. The van der Waals surface area contributed by atoms with Crippen molar-refractivity contribution >= 4 is 34.8 Å². The van der Waals surface area contributed by atoms with Crippen molar-refractivity contribution < 1.29 is 19.4 Å². The Kier molecular flexibility index (Phi) is 7.41. The first-order valence-electron chi connectivity index (χ1n) is 8.22. The molecule has 8 heteroatoms. The van der Waals surface area contributed by atoms with E-state index in [0.29, 0.717) is 29.5 Å². The molecule has 1 amide bonds. The molecule has 2 N–H and O–H groups in total. The number of nitrogens with one attached hydrogen (secondary N) is 1. The number of carbonyl (C=O) groups excluding carboxylic acids is 1. The second-order valence-corrected chi connectivity index (χ2v) is 7.30. The zero-order valence-electron chi connectivity index (χ0n) is 14.6. The van der Waals surface area contributed by atoms with Gasteiger partial charge in [-0.05, 0) is 30.2 Å². The summed E-state index contributed by atoms with van der Waals surface area (Å²) in [7, 11) is 0. The smallest absolute Gasteiger partial charge is 0.326 e. The fraction of sp³-hybridized carbons (Fsp3) is 0.389. The van der Waals surface area contributed by atoms with E-state index in [9.17, 15) is 14.7 Å². The van der Waals surface area contributed by atoms with Crippen molar-refractivity contribution in [2.24, 2.45) is 5.92 Å². The van der Waals surface area contributed by atoms with E-state index in [1.165, 1.54) is 11.3 Å².